The molecule has 0 fully saturated rings. The van der Waals surface area contributed by atoms with Crippen LogP contribution in [0.4, 0.5) is 0 Å². The maximum absolute atomic E-state index is 10.2. The van der Waals surface area contributed by atoms with Crippen LogP contribution in [-0.4, -0.2) is 16.6 Å². The predicted molar refractivity (Wildman–Crippen MR) is 87.0 cm³/mol. The summed E-state index contributed by atoms with van der Waals surface area (Å²) in [5.74, 6) is 0. The number of aliphatic hydroxyl groups excluding tert-OH is 1. The largest absolute Gasteiger partial charge is 0.387 e. The number of hydrogen-bond acceptors (Lipinski definition) is 4. The van der Waals surface area contributed by atoms with Gasteiger partial charge in [0.25, 0.3) is 0 Å². The summed E-state index contributed by atoms with van der Waals surface area (Å²) < 4.78 is 0. The Morgan fingerprint density at radius 2 is 2.10 bits per heavy atom. The number of aliphatic hydroxyl groups is 1. The van der Waals surface area contributed by atoms with Gasteiger partial charge in [0.2, 0.25) is 0 Å². The van der Waals surface area contributed by atoms with Gasteiger partial charge in [0.1, 0.15) is 5.01 Å². The first-order valence-corrected chi connectivity index (χ1v) is 8.48. The van der Waals surface area contributed by atoms with Gasteiger partial charge in [0.15, 0.2) is 0 Å². The van der Waals surface area contributed by atoms with Crippen LogP contribution in [0.15, 0.2) is 24.3 Å². The number of aromatic nitrogens is 1. The number of nitrogens with one attached hydrogen (secondary N) is 1. The third-order valence-electron chi connectivity index (χ3n) is 3.85. The number of benzene rings is 1. The minimum absolute atomic E-state index is 0.169. The average Bonchev–Trinajstić information content (AvgIpc) is 3.06. The summed E-state index contributed by atoms with van der Waals surface area (Å²) in [6.45, 7) is 2.61. The Hall–Kier alpha value is -0.940. The van der Waals surface area contributed by atoms with E-state index in [-0.39, 0.29) is 6.04 Å². The van der Waals surface area contributed by atoms with E-state index in [4.69, 9.17) is 16.6 Å². The maximum Gasteiger partial charge on any atom is 0.110 e. The highest BCUT2D eigenvalue weighted by Crippen LogP contribution is 2.30. The normalized spacial score (nSPS) is 16.7. The molecule has 3 rings (SSSR count). The molecule has 1 heterocycles. The van der Waals surface area contributed by atoms with Crippen LogP contribution in [0, 0.1) is 0 Å². The van der Waals surface area contributed by atoms with Crippen molar-refractivity contribution in [3.8, 4) is 0 Å². The van der Waals surface area contributed by atoms with Gasteiger partial charge < -0.3 is 10.4 Å². The van der Waals surface area contributed by atoms with E-state index in [0.29, 0.717) is 11.6 Å². The zero-order chi connectivity index (χ0) is 14.8. The van der Waals surface area contributed by atoms with Crippen molar-refractivity contribution in [1.29, 1.82) is 0 Å². The van der Waals surface area contributed by atoms with Crippen LogP contribution >= 0.6 is 22.9 Å². The fourth-order valence-electron chi connectivity index (χ4n) is 2.57. The van der Waals surface area contributed by atoms with Crippen LogP contribution in [-0.2, 0) is 12.8 Å². The Labute approximate surface area is 134 Å². The van der Waals surface area contributed by atoms with E-state index < -0.39 is 6.10 Å². The molecule has 2 aromatic rings. The van der Waals surface area contributed by atoms with E-state index >= 15 is 0 Å². The number of thiazole rings is 1. The lowest BCUT2D eigenvalue weighted by atomic mass is 10.1. The lowest BCUT2D eigenvalue weighted by molar-refractivity contribution is 0.171. The summed E-state index contributed by atoms with van der Waals surface area (Å²) in [5, 5.41) is 15.4. The van der Waals surface area contributed by atoms with Gasteiger partial charge in [-0.25, -0.2) is 4.98 Å². The third kappa shape index (κ3) is 3.46. The van der Waals surface area contributed by atoms with Crippen molar-refractivity contribution in [3.05, 3.63) is 50.4 Å². The average molecular weight is 323 g/mol. The fourth-order valence-corrected chi connectivity index (χ4v) is 3.88. The van der Waals surface area contributed by atoms with Crippen molar-refractivity contribution >= 4 is 22.9 Å². The van der Waals surface area contributed by atoms with E-state index in [1.54, 1.807) is 23.5 Å². The molecule has 1 aliphatic carbocycles. The predicted octanol–water partition coefficient (Wildman–Crippen LogP) is 3.67. The first kappa shape index (κ1) is 15.0. The van der Waals surface area contributed by atoms with E-state index in [0.717, 1.165) is 17.0 Å². The molecule has 0 saturated heterocycles. The summed E-state index contributed by atoms with van der Waals surface area (Å²) in [4.78, 5) is 6.15. The summed E-state index contributed by atoms with van der Waals surface area (Å²) in [5.41, 5.74) is 2.16. The zero-order valence-corrected chi connectivity index (χ0v) is 13.5. The number of hydrogen-bond donors (Lipinski definition) is 2. The molecule has 2 unspecified atom stereocenters. The molecule has 0 bridgehead atoms. The highest BCUT2D eigenvalue weighted by atomic mass is 35.5. The third-order valence-corrected chi connectivity index (χ3v) is 5.45. The molecule has 2 N–H and O–H groups in total. The van der Waals surface area contributed by atoms with Gasteiger partial charge in [-0.1, -0.05) is 23.7 Å². The first-order chi connectivity index (χ1) is 10.1. The van der Waals surface area contributed by atoms with E-state index in [9.17, 15) is 5.11 Å². The van der Waals surface area contributed by atoms with E-state index in [1.165, 1.54) is 23.4 Å². The van der Waals surface area contributed by atoms with Crippen molar-refractivity contribution in [2.45, 2.75) is 38.3 Å². The van der Waals surface area contributed by atoms with Gasteiger partial charge in [0.05, 0.1) is 17.8 Å². The minimum Gasteiger partial charge on any atom is -0.387 e. The van der Waals surface area contributed by atoms with Crippen LogP contribution in [0.25, 0.3) is 0 Å². The Morgan fingerprint density at radius 3 is 2.81 bits per heavy atom. The summed E-state index contributed by atoms with van der Waals surface area (Å²) in [7, 11) is 0. The molecule has 0 amide bonds. The number of fused-ring (bicyclic) bond motifs is 1. The SMILES string of the molecule is CC(NCC(O)c1ccc(Cl)cc1)c1nc2c(s1)CCC2. The minimum atomic E-state index is -0.531. The molecule has 0 saturated carbocycles. The Balaban J connectivity index is 1.57. The van der Waals surface area contributed by atoms with Gasteiger partial charge in [0, 0.05) is 16.4 Å². The Bertz CT molecular complexity index is 590. The van der Waals surface area contributed by atoms with Crippen molar-refractivity contribution in [3.63, 3.8) is 0 Å². The van der Waals surface area contributed by atoms with Crippen LogP contribution in [0.2, 0.25) is 5.02 Å². The maximum atomic E-state index is 10.2. The van der Waals surface area contributed by atoms with Crippen molar-refractivity contribution < 1.29 is 5.11 Å². The second-order valence-electron chi connectivity index (χ2n) is 5.47. The Morgan fingerprint density at radius 1 is 1.33 bits per heavy atom. The van der Waals surface area contributed by atoms with Crippen LogP contribution in [0.5, 0.6) is 0 Å². The molecule has 1 aliphatic rings. The molecule has 21 heavy (non-hydrogen) atoms. The number of aryl methyl sites for hydroxylation is 2. The van der Waals surface area contributed by atoms with Gasteiger partial charge in [-0.3, -0.25) is 0 Å². The molecule has 0 aliphatic heterocycles. The van der Waals surface area contributed by atoms with Crippen molar-refractivity contribution in [1.82, 2.24) is 10.3 Å². The molecule has 2 atom stereocenters. The second-order valence-corrected chi connectivity index (χ2v) is 7.02. The monoisotopic (exact) mass is 322 g/mol. The van der Waals surface area contributed by atoms with Crippen molar-refractivity contribution in [2.24, 2.45) is 0 Å². The molecule has 0 radical (unpaired) electrons. The summed E-state index contributed by atoms with van der Waals surface area (Å²) in [6, 6.07) is 7.49. The molecular formula is C16H19ClN2OS. The topological polar surface area (TPSA) is 45.1 Å². The van der Waals surface area contributed by atoms with Crippen molar-refractivity contribution in [2.75, 3.05) is 6.54 Å². The van der Waals surface area contributed by atoms with Crippen LogP contribution < -0.4 is 5.32 Å². The summed E-state index contributed by atoms with van der Waals surface area (Å²) in [6.07, 6.45) is 3.00. The quantitative estimate of drug-likeness (QED) is 0.883. The molecule has 5 heteroatoms. The molecule has 0 spiro atoms. The zero-order valence-electron chi connectivity index (χ0n) is 12.0. The van der Waals surface area contributed by atoms with Crippen LogP contribution in [0.3, 0.4) is 0 Å². The molecular weight excluding hydrogens is 304 g/mol. The smallest absolute Gasteiger partial charge is 0.110 e. The standard InChI is InChI=1S/C16H19ClN2OS/c1-10(16-19-13-3-2-4-15(13)21-16)18-9-14(20)11-5-7-12(17)8-6-11/h5-8,10,14,18,20H,2-4,9H2,1H3. The van der Waals surface area contributed by atoms with Crippen LogP contribution in [0.1, 0.15) is 46.6 Å². The fraction of sp³-hybridized carbons (Fsp3) is 0.438. The van der Waals surface area contributed by atoms with E-state index in [2.05, 4.69) is 12.2 Å². The summed E-state index contributed by atoms with van der Waals surface area (Å²) >= 11 is 7.66. The molecule has 3 nitrogen and oxygen atoms in total. The number of nitrogens with zero attached hydrogens (tertiary/aromatic N) is 1. The van der Waals surface area contributed by atoms with E-state index in [1.807, 2.05) is 12.1 Å². The Kier molecular flexibility index (Phi) is 4.60. The molecule has 1 aromatic carbocycles. The second kappa shape index (κ2) is 6.44. The number of halogens is 1. The lowest BCUT2D eigenvalue weighted by Crippen LogP contribution is -2.24. The molecule has 112 valence electrons. The van der Waals surface area contributed by atoms with Gasteiger partial charge in [-0.05, 0) is 43.9 Å². The highest BCUT2D eigenvalue weighted by molar-refractivity contribution is 7.11. The van der Waals surface area contributed by atoms with Gasteiger partial charge >= 0.3 is 0 Å². The number of rotatable bonds is 5. The van der Waals surface area contributed by atoms with Gasteiger partial charge in [-0.2, -0.15) is 0 Å². The van der Waals surface area contributed by atoms with Gasteiger partial charge in [-0.15, -0.1) is 11.3 Å². The lowest BCUT2D eigenvalue weighted by Gasteiger charge is -2.16. The molecule has 1 aromatic heterocycles. The first-order valence-electron chi connectivity index (χ1n) is 7.29. The highest BCUT2D eigenvalue weighted by Gasteiger charge is 2.20.